The van der Waals surface area contributed by atoms with Gasteiger partial charge in [0.15, 0.2) is 0 Å². The Morgan fingerprint density at radius 2 is 2.22 bits per heavy atom. The molecule has 1 aliphatic carbocycles. The molecule has 0 saturated heterocycles. The van der Waals surface area contributed by atoms with E-state index >= 15 is 0 Å². The molecule has 0 unspecified atom stereocenters. The van der Waals surface area contributed by atoms with Crippen LogP contribution in [0.15, 0.2) is 12.4 Å². The summed E-state index contributed by atoms with van der Waals surface area (Å²) in [6.45, 7) is 0.331. The molecule has 1 heterocycles. The van der Waals surface area contributed by atoms with E-state index < -0.39 is 11.4 Å². The predicted octanol–water partition coefficient (Wildman–Crippen LogP) is 0.633. The van der Waals surface area contributed by atoms with E-state index in [1.54, 1.807) is 19.4 Å². The number of carboxylic acids is 1. The molecular weight excluding hydrogens is 234 g/mol. The summed E-state index contributed by atoms with van der Waals surface area (Å²) in [5.41, 5.74) is -1.19. The molecule has 1 fully saturated rings. The molecule has 0 aromatic carbocycles. The lowest BCUT2D eigenvalue weighted by Gasteiger charge is -2.38. The van der Waals surface area contributed by atoms with Gasteiger partial charge in [0.25, 0.3) is 0 Å². The molecule has 0 spiro atoms. The minimum Gasteiger partial charge on any atom is -0.480 e. The maximum Gasteiger partial charge on any atom is 0.319 e. The van der Waals surface area contributed by atoms with E-state index in [0.717, 1.165) is 12.2 Å². The van der Waals surface area contributed by atoms with Gasteiger partial charge in [-0.3, -0.25) is 9.59 Å². The Kier molecular flexibility index (Phi) is 3.11. The van der Waals surface area contributed by atoms with Gasteiger partial charge < -0.3 is 14.6 Å². The van der Waals surface area contributed by atoms with Gasteiger partial charge in [-0.25, -0.2) is 4.98 Å². The number of nitrogens with zero attached hydrogens (tertiary/aromatic N) is 3. The van der Waals surface area contributed by atoms with Crippen molar-refractivity contribution in [1.29, 1.82) is 0 Å². The lowest BCUT2D eigenvalue weighted by atomic mass is 9.68. The first-order valence-electron chi connectivity index (χ1n) is 5.92. The second-order valence-electron chi connectivity index (χ2n) is 4.86. The van der Waals surface area contributed by atoms with E-state index in [-0.39, 0.29) is 5.91 Å². The van der Waals surface area contributed by atoms with Crippen molar-refractivity contribution >= 4 is 11.9 Å². The topological polar surface area (TPSA) is 75.4 Å². The Balaban J connectivity index is 2.09. The van der Waals surface area contributed by atoms with E-state index in [1.807, 2.05) is 11.6 Å². The van der Waals surface area contributed by atoms with Crippen LogP contribution in [-0.2, 0) is 23.2 Å². The third kappa shape index (κ3) is 1.87. The molecule has 1 aliphatic rings. The van der Waals surface area contributed by atoms with Gasteiger partial charge >= 0.3 is 5.97 Å². The van der Waals surface area contributed by atoms with E-state index in [0.29, 0.717) is 19.4 Å². The molecule has 1 N–H and O–H groups in total. The van der Waals surface area contributed by atoms with Gasteiger partial charge in [0.2, 0.25) is 5.91 Å². The zero-order valence-corrected chi connectivity index (χ0v) is 10.6. The monoisotopic (exact) mass is 251 g/mol. The summed E-state index contributed by atoms with van der Waals surface area (Å²) in [7, 11) is 3.47. The molecule has 1 saturated carbocycles. The summed E-state index contributed by atoms with van der Waals surface area (Å²) in [5, 5.41) is 9.22. The molecule has 0 aliphatic heterocycles. The highest BCUT2D eigenvalue weighted by molar-refractivity contribution is 6.02. The second kappa shape index (κ2) is 4.44. The Morgan fingerprint density at radius 3 is 2.61 bits per heavy atom. The highest BCUT2D eigenvalue weighted by Gasteiger charge is 2.52. The fourth-order valence-electron chi connectivity index (χ4n) is 2.25. The Labute approximate surface area is 105 Å². The lowest BCUT2D eigenvalue weighted by Crippen LogP contribution is -2.51. The van der Waals surface area contributed by atoms with Crippen LogP contribution in [0.25, 0.3) is 0 Å². The largest absolute Gasteiger partial charge is 0.480 e. The van der Waals surface area contributed by atoms with Crippen LogP contribution in [0.2, 0.25) is 0 Å². The number of imidazole rings is 1. The van der Waals surface area contributed by atoms with Crippen LogP contribution in [0.4, 0.5) is 0 Å². The fourth-order valence-corrected chi connectivity index (χ4v) is 2.25. The number of hydrogen-bond donors (Lipinski definition) is 1. The van der Waals surface area contributed by atoms with Crippen molar-refractivity contribution < 1.29 is 14.7 Å². The highest BCUT2D eigenvalue weighted by atomic mass is 16.4. The van der Waals surface area contributed by atoms with Crippen molar-refractivity contribution in [3.63, 3.8) is 0 Å². The normalized spacial score (nSPS) is 17.0. The molecule has 1 aromatic heterocycles. The molecule has 0 radical (unpaired) electrons. The van der Waals surface area contributed by atoms with Crippen LogP contribution >= 0.6 is 0 Å². The molecule has 2 rings (SSSR count). The van der Waals surface area contributed by atoms with E-state index in [4.69, 9.17) is 0 Å². The van der Waals surface area contributed by atoms with Crippen LogP contribution in [0.3, 0.4) is 0 Å². The summed E-state index contributed by atoms with van der Waals surface area (Å²) in [5.74, 6) is -0.583. The number of aromatic nitrogens is 2. The van der Waals surface area contributed by atoms with Crippen molar-refractivity contribution in [3.05, 3.63) is 18.2 Å². The standard InChI is InChI=1S/C12H17N3O3/c1-14-7-6-13-9(14)8-15(2)10(16)12(11(17)18)4-3-5-12/h6-7H,3-5,8H2,1-2H3,(H,17,18). The minimum atomic E-state index is -1.19. The quantitative estimate of drug-likeness (QED) is 0.796. The molecule has 1 amide bonds. The molecule has 6 nitrogen and oxygen atoms in total. The van der Waals surface area contributed by atoms with Gasteiger partial charge in [-0.05, 0) is 12.8 Å². The van der Waals surface area contributed by atoms with Crippen LogP contribution in [0, 0.1) is 5.41 Å². The Bertz CT molecular complexity index is 477. The van der Waals surface area contributed by atoms with Gasteiger partial charge in [0.05, 0.1) is 6.54 Å². The summed E-state index contributed by atoms with van der Waals surface area (Å²) in [6.07, 6.45) is 5.13. The van der Waals surface area contributed by atoms with E-state index in [9.17, 15) is 14.7 Å². The number of carbonyl (C=O) groups excluding carboxylic acids is 1. The van der Waals surface area contributed by atoms with Gasteiger partial charge in [-0.2, -0.15) is 0 Å². The molecule has 6 heteroatoms. The summed E-state index contributed by atoms with van der Waals surface area (Å²) >= 11 is 0. The SMILES string of the molecule is CN(Cc1nccn1C)C(=O)C1(C(=O)O)CCC1. The number of hydrogen-bond acceptors (Lipinski definition) is 3. The summed E-state index contributed by atoms with van der Waals surface area (Å²) in [4.78, 5) is 29.1. The van der Waals surface area contributed by atoms with Gasteiger partial charge in [0.1, 0.15) is 11.2 Å². The van der Waals surface area contributed by atoms with Crippen LogP contribution in [0.1, 0.15) is 25.1 Å². The highest BCUT2D eigenvalue weighted by Crippen LogP contribution is 2.42. The molecule has 18 heavy (non-hydrogen) atoms. The van der Waals surface area contributed by atoms with E-state index in [1.165, 1.54) is 4.90 Å². The lowest BCUT2D eigenvalue weighted by molar-refractivity contribution is -0.167. The van der Waals surface area contributed by atoms with Crippen molar-refractivity contribution in [2.75, 3.05) is 7.05 Å². The smallest absolute Gasteiger partial charge is 0.319 e. The zero-order chi connectivity index (χ0) is 13.3. The van der Waals surface area contributed by atoms with Crippen LogP contribution in [-0.4, -0.2) is 38.5 Å². The third-order valence-corrected chi connectivity index (χ3v) is 3.67. The average molecular weight is 251 g/mol. The maximum absolute atomic E-state index is 12.2. The number of aliphatic carboxylic acids is 1. The van der Waals surface area contributed by atoms with Gasteiger partial charge in [-0.15, -0.1) is 0 Å². The first-order chi connectivity index (χ1) is 8.47. The number of carboxylic acid groups (broad SMARTS) is 1. The first kappa shape index (κ1) is 12.6. The van der Waals surface area contributed by atoms with Crippen molar-refractivity contribution in [3.8, 4) is 0 Å². The second-order valence-corrected chi connectivity index (χ2v) is 4.86. The third-order valence-electron chi connectivity index (χ3n) is 3.67. The average Bonchev–Trinajstić information content (AvgIpc) is 2.62. The molecule has 98 valence electrons. The molecule has 0 bridgehead atoms. The van der Waals surface area contributed by atoms with Crippen molar-refractivity contribution in [2.24, 2.45) is 12.5 Å². The van der Waals surface area contributed by atoms with Crippen LogP contribution < -0.4 is 0 Å². The number of aryl methyl sites for hydroxylation is 1. The summed E-state index contributed by atoms with van der Waals surface area (Å²) in [6, 6.07) is 0. The summed E-state index contributed by atoms with van der Waals surface area (Å²) < 4.78 is 1.82. The fraction of sp³-hybridized carbons (Fsp3) is 0.583. The first-order valence-corrected chi connectivity index (χ1v) is 5.92. The Hall–Kier alpha value is -1.85. The zero-order valence-electron chi connectivity index (χ0n) is 10.6. The minimum absolute atomic E-state index is 0.316. The molecule has 1 aromatic rings. The molecular formula is C12H17N3O3. The van der Waals surface area contributed by atoms with E-state index in [2.05, 4.69) is 4.98 Å². The van der Waals surface area contributed by atoms with Gasteiger partial charge in [0, 0.05) is 26.5 Å². The number of carbonyl (C=O) groups is 2. The number of rotatable bonds is 4. The maximum atomic E-state index is 12.2. The molecule has 0 atom stereocenters. The van der Waals surface area contributed by atoms with Crippen molar-refractivity contribution in [1.82, 2.24) is 14.5 Å². The predicted molar refractivity (Wildman–Crippen MR) is 63.6 cm³/mol. The van der Waals surface area contributed by atoms with Gasteiger partial charge in [-0.1, -0.05) is 6.42 Å². The Morgan fingerprint density at radius 1 is 1.56 bits per heavy atom. The van der Waals surface area contributed by atoms with Crippen LogP contribution in [0.5, 0.6) is 0 Å². The van der Waals surface area contributed by atoms with Crippen molar-refractivity contribution in [2.45, 2.75) is 25.8 Å². The number of amides is 1.